The highest BCUT2D eigenvalue weighted by Crippen LogP contribution is 2.16. The van der Waals surface area contributed by atoms with Crippen LogP contribution in [-0.2, 0) is 14.2 Å². The lowest BCUT2D eigenvalue weighted by atomic mass is 10.3. The number of oxazole rings is 1. The molecule has 4 rings (SSSR count). The summed E-state index contributed by atoms with van der Waals surface area (Å²) in [5.41, 5.74) is 0. The predicted molar refractivity (Wildman–Crippen MR) is 70.7 cm³/mol. The molecule has 3 unspecified atom stereocenters. The van der Waals surface area contributed by atoms with Gasteiger partial charge in [-0.05, 0) is 0 Å². The first-order chi connectivity index (χ1) is 10.3. The molecule has 2 amide bonds. The Morgan fingerprint density at radius 3 is 2.14 bits per heavy atom. The Hall–Kier alpha value is -1.64. The van der Waals surface area contributed by atoms with Gasteiger partial charge in [-0.25, -0.2) is 9.78 Å². The van der Waals surface area contributed by atoms with Crippen molar-refractivity contribution >= 4 is 6.03 Å². The number of rotatable bonds is 6. The van der Waals surface area contributed by atoms with Crippen molar-refractivity contribution in [1.82, 2.24) is 15.2 Å². The van der Waals surface area contributed by atoms with E-state index >= 15 is 0 Å². The normalized spacial score (nSPS) is 28.1. The number of urea groups is 1. The zero-order valence-electron chi connectivity index (χ0n) is 11.6. The van der Waals surface area contributed by atoms with Gasteiger partial charge in [0.05, 0.1) is 57.4 Å². The molecule has 3 atom stereocenters. The molecule has 3 fully saturated rings. The maximum absolute atomic E-state index is 11.9. The van der Waals surface area contributed by atoms with E-state index in [-0.39, 0.29) is 24.3 Å². The van der Waals surface area contributed by atoms with Gasteiger partial charge >= 0.3 is 6.03 Å². The second-order valence-electron chi connectivity index (χ2n) is 5.13. The zero-order valence-corrected chi connectivity index (χ0v) is 11.6. The number of hydrogen-bond donors (Lipinski definition) is 1. The van der Waals surface area contributed by atoms with Crippen LogP contribution < -0.4 is 5.32 Å². The number of carbonyl (C=O) groups excluding carboxylic acids is 1. The predicted octanol–water partition coefficient (Wildman–Crippen LogP) is -0.131. The summed E-state index contributed by atoms with van der Waals surface area (Å²) in [4.78, 5) is 17.2. The second kappa shape index (κ2) is 6.88. The Morgan fingerprint density at radius 1 is 1.14 bits per heavy atom. The maximum atomic E-state index is 11.9. The van der Waals surface area contributed by atoms with Crippen molar-refractivity contribution in [3.8, 4) is 0 Å². The highest BCUT2D eigenvalue weighted by atomic mass is 16.6. The van der Waals surface area contributed by atoms with Crippen molar-refractivity contribution in [3.05, 3.63) is 18.9 Å². The summed E-state index contributed by atoms with van der Waals surface area (Å²) in [6.07, 6.45) is 5.14. The molecule has 8 nitrogen and oxygen atoms in total. The summed E-state index contributed by atoms with van der Waals surface area (Å²) in [6, 6.07) is -0.0403. The molecule has 4 heterocycles. The number of amides is 2. The van der Waals surface area contributed by atoms with Gasteiger partial charge in [-0.3, -0.25) is 0 Å². The molecule has 3 aliphatic heterocycles. The van der Waals surface area contributed by atoms with Crippen LogP contribution in [-0.4, -0.2) is 73.7 Å². The Balaban J connectivity index is 0.000000225. The average molecular weight is 297 g/mol. The van der Waals surface area contributed by atoms with E-state index < -0.39 is 0 Å². The summed E-state index contributed by atoms with van der Waals surface area (Å²) in [7, 11) is 0. The lowest BCUT2D eigenvalue weighted by Crippen LogP contribution is -2.45. The smallest absolute Gasteiger partial charge is 0.317 e. The summed E-state index contributed by atoms with van der Waals surface area (Å²) < 4.78 is 19.8. The highest BCUT2D eigenvalue weighted by molar-refractivity contribution is 5.74. The van der Waals surface area contributed by atoms with Crippen LogP contribution in [0.15, 0.2) is 23.3 Å². The van der Waals surface area contributed by atoms with Crippen molar-refractivity contribution < 1.29 is 23.4 Å². The van der Waals surface area contributed by atoms with Crippen LogP contribution in [0.4, 0.5) is 4.79 Å². The highest BCUT2D eigenvalue weighted by Gasteiger charge is 2.33. The molecule has 1 N–H and O–H groups in total. The molecule has 0 aromatic carbocycles. The quantitative estimate of drug-likeness (QED) is 0.735. The van der Waals surface area contributed by atoms with E-state index in [4.69, 9.17) is 14.2 Å². The first-order valence-electron chi connectivity index (χ1n) is 7.01. The molecule has 0 spiro atoms. The van der Waals surface area contributed by atoms with Crippen molar-refractivity contribution in [2.24, 2.45) is 0 Å². The molecule has 0 saturated carbocycles. The fourth-order valence-electron chi connectivity index (χ4n) is 1.75. The van der Waals surface area contributed by atoms with Gasteiger partial charge in [0, 0.05) is 6.54 Å². The van der Waals surface area contributed by atoms with Gasteiger partial charge < -0.3 is 28.8 Å². The van der Waals surface area contributed by atoms with Crippen LogP contribution in [0, 0.1) is 0 Å². The fraction of sp³-hybridized carbons (Fsp3) is 0.692. The lowest BCUT2D eigenvalue weighted by Gasteiger charge is -2.21. The third-order valence-corrected chi connectivity index (χ3v) is 3.17. The topological polar surface area (TPSA) is 96.0 Å². The van der Waals surface area contributed by atoms with Gasteiger partial charge in [0.2, 0.25) is 0 Å². The molecule has 3 aliphatic rings. The summed E-state index contributed by atoms with van der Waals surface area (Å²) in [5, 5.41) is 2.86. The van der Waals surface area contributed by atoms with E-state index in [0.29, 0.717) is 19.6 Å². The molecule has 1 aromatic heterocycles. The van der Waals surface area contributed by atoms with Crippen LogP contribution in [0.5, 0.6) is 0 Å². The monoisotopic (exact) mass is 297 g/mol. The van der Waals surface area contributed by atoms with Gasteiger partial charge in [-0.1, -0.05) is 0 Å². The molecule has 3 saturated heterocycles. The Morgan fingerprint density at radius 2 is 1.76 bits per heavy atom. The van der Waals surface area contributed by atoms with Crippen molar-refractivity contribution in [3.63, 3.8) is 0 Å². The van der Waals surface area contributed by atoms with Crippen LogP contribution in [0.2, 0.25) is 0 Å². The third-order valence-electron chi connectivity index (χ3n) is 3.17. The molecule has 0 radical (unpaired) electrons. The van der Waals surface area contributed by atoms with E-state index in [1.165, 1.54) is 12.7 Å². The fourth-order valence-corrected chi connectivity index (χ4v) is 1.75. The van der Waals surface area contributed by atoms with Crippen molar-refractivity contribution in [2.75, 3.05) is 39.5 Å². The van der Waals surface area contributed by atoms with E-state index in [9.17, 15) is 4.79 Å². The van der Waals surface area contributed by atoms with Crippen LogP contribution in [0.3, 0.4) is 0 Å². The minimum Gasteiger partial charge on any atom is -0.452 e. The van der Waals surface area contributed by atoms with Crippen molar-refractivity contribution in [2.45, 2.75) is 18.3 Å². The minimum absolute atomic E-state index is 0.0403. The summed E-state index contributed by atoms with van der Waals surface area (Å²) in [6.45, 7) is 4.22. The molecule has 8 heteroatoms. The number of hydrogen-bond acceptors (Lipinski definition) is 6. The van der Waals surface area contributed by atoms with Gasteiger partial charge in [-0.2, -0.15) is 0 Å². The van der Waals surface area contributed by atoms with Crippen LogP contribution >= 0.6 is 0 Å². The molecular weight excluding hydrogens is 278 g/mol. The first-order valence-corrected chi connectivity index (χ1v) is 7.01. The average Bonchev–Trinajstić information content (AvgIpc) is 3.37. The largest absolute Gasteiger partial charge is 0.452 e. The number of aromatic nitrogens is 1. The van der Waals surface area contributed by atoms with Crippen molar-refractivity contribution in [1.29, 1.82) is 0 Å². The second-order valence-corrected chi connectivity index (χ2v) is 5.13. The summed E-state index contributed by atoms with van der Waals surface area (Å²) >= 11 is 0. The number of ether oxygens (including phenoxy) is 3. The molecule has 0 aliphatic carbocycles. The SMILES string of the molecule is O=C(NCC1CO1)N(CC1CO1)CC1CO1.c1cocn1. The molecule has 116 valence electrons. The van der Waals surface area contributed by atoms with Gasteiger partial charge in [-0.15, -0.1) is 0 Å². The van der Waals surface area contributed by atoms with E-state index in [1.807, 2.05) is 0 Å². The van der Waals surface area contributed by atoms with E-state index in [1.54, 1.807) is 11.1 Å². The molecular formula is C13H19N3O5. The number of epoxide rings is 3. The third kappa shape index (κ3) is 5.70. The van der Waals surface area contributed by atoms with Crippen LogP contribution in [0.1, 0.15) is 0 Å². The standard InChI is InChI=1S/C10H16N2O4.C3H3NO/c13-10(11-1-7-4-14-7)12(2-8-5-15-8)3-9-6-16-9;1-2-5-3-4-1/h7-9H,1-6H2,(H,11,13);1-3H. The van der Waals surface area contributed by atoms with Gasteiger partial charge in [0.25, 0.3) is 0 Å². The van der Waals surface area contributed by atoms with Gasteiger partial charge in [0.1, 0.15) is 6.26 Å². The maximum Gasteiger partial charge on any atom is 0.317 e. The Labute approximate surface area is 122 Å². The zero-order chi connectivity index (χ0) is 14.5. The minimum atomic E-state index is -0.0403. The Bertz CT molecular complexity index is 398. The number of nitrogens with zero attached hydrogens (tertiary/aromatic N) is 2. The number of carbonyl (C=O) groups is 1. The lowest BCUT2D eigenvalue weighted by molar-refractivity contribution is 0.184. The van der Waals surface area contributed by atoms with E-state index in [0.717, 1.165) is 19.8 Å². The molecule has 1 aromatic rings. The van der Waals surface area contributed by atoms with Crippen LogP contribution in [0.25, 0.3) is 0 Å². The molecule has 21 heavy (non-hydrogen) atoms. The Kier molecular flexibility index (Phi) is 4.69. The first kappa shape index (κ1) is 14.3. The number of nitrogens with one attached hydrogen (secondary N) is 1. The molecule has 0 bridgehead atoms. The van der Waals surface area contributed by atoms with E-state index in [2.05, 4.69) is 14.7 Å². The summed E-state index contributed by atoms with van der Waals surface area (Å²) in [5.74, 6) is 0. The van der Waals surface area contributed by atoms with Gasteiger partial charge in [0.15, 0.2) is 6.39 Å².